The second-order valence-electron chi connectivity index (χ2n) is 6.78. The number of anilines is 1. The minimum absolute atomic E-state index is 0.0675. The first-order valence-corrected chi connectivity index (χ1v) is 8.56. The zero-order valence-electron chi connectivity index (χ0n) is 15.1. The van der Waals surface area contributed by atoms with Gasteiger partial charge in [0.05, 0.1) is 16.7 Å². The van der Waals surface area contributed by atoms with Gasteiger partial charge in [0.2, 0.25) is 5.91 Å². The van der Waals surface area contributed by atoms with Gasteiger partial charge < -0.3 is 5.32 Å². The molecule has 146 valence electrons. The maximum Gasteiger partial charge on any atom is 0.416 e. The summed E-state index contributed by atoms with van der Waals surface area (Å²) in [6, 6.07) is 9.23. The fraction of sp³-hybridized carbons (Fsp3) is 0.250. The molecule has 1 N–H and O–H groups in total. The Balaban J connectivity index is 1.89. The molecule has 1 aliphatic heterocycles. The van der Waals surface area contributed by atoms with Crippen molar-refractivity contribution in [2.24, 2.45) is 5.92 Å². The predicted molar refractivity (Wildman–Crippen MR) is 95.6 cm³/mol. The molecule has 3 rings (SSSR count). The van der Waals surface area contributed by atoms with E-state index in [0.29, 0.717) is 0 Å². The Morgan fingerprint density at radius 3 is 2.04 bits per heavy atom. The quantitative estimate of drug-likeness (QED) is 0.804. The Morgan fingerprint density at radius 1 is 0.964 bits per heavy atom. The van der Waals surface area contributed by atoms with Crippen LogP contribution in [0.4, 0.5) is 18.9 Å². The largest absolute Gasteiger partial charge is 0.416 e. The lowest BCUT2D eigenvalue weighted by Gasteiger charge is -2.28. The second kappa shape index (κ2) is 7.10. The van der Waals surface area contributed by atoms with Gasteiger partial charge in [0.25, 0.3) is 11.8 Å². The van der Waals surface area contributed by atoms with E-state index in [-0.39, 0.29) is 16.8 Å². The number of carbonyl (C=O) groups is 3. The summed E-state index contributed by atoms with van der Waals surface area (Å²) in [6.07, 6.45) is -4.55. The molecule has 0 saturated heterocycles. The number of fused-ring (bicyclic) bond motifs is 1. The highest BCUT2D eigenvalue weighted by molar-refractivity contribution is 6.23. The molecule has 28 heavy (non-hydrogen) atoms. The Labute approximate surface area is 159 Å². The van der Waals surface area contributed by atoms with Gasteiger partial charge in [-0.25, -0.2) is 0 Å². The Kier molecular flexibility index (Phi) is 4.97. The van der Waals surface area contributed by atoms with Gasteiger partial charge in [-0.2, -0.15) is 13.2 Å². The molecule has 1 aliphatic rings. The van der Waals surface area contributed by atoms with Crippen molar-refractivity contribution in [3.8, 4) is 0 Å². The fourth-order valence-electron chi connectivity index (χ4n) is 3.17. The SMILES string of the molecule is CC(C)C(C(=O)Nc1cccc(C(F)(F)F)c1)N1C(=O)c2ccccc2C1=O. The number of nitrogens with one attached hydrogen (secondary N) is 1. The number of amides is 3. The predicted octanol–water partition coefficient (Wildman–Crippen LogP) is 3.96. The standard InChI is InChI=1S/C20H17F3N2O3/c1-11(2)16(25-18(27)14-8-3-4-9-15(14)19(25)28)17(26)24-13-7-5-6-12(10-13)20(21,22)23/h3-11,16H,1-2H3,(H,24,26). The highest BCUT2D eigenvalue weighted by Gasteiger charge is 2.44. The fourth-order valence-corrected chi connectivity index (χ4v) is 3.17. The lowest BCUT2D eigenvalue weighted by molar-refractivity contribution is -0.137. The lowest BCUT2D eigenvalue weighted by Crippen LogP contribution is -2.50. The number of carbonyl (C=O) groups excluding carboxylic acids is 3. The van der Waals surface area contributed by atoms with Crippen LogP contribution in [0.25, 0.3) is 0 Å². The zero-order chi connectivity index (χ0) is 20.6. The van der Waals surface area contributed by atoms with E-state index < -0.39 is 41.4 Å². The van der Waals surface area contributed by atoms with E-state index in [1.54, 1.807) is 26.0 Å². The molecule has 8 heteroatoms. The minimum atomic E-state index is -4.55. The average molecular weight is 390 g/mol. The normalized spacial score (nSPS) is 15.0. The molecule has 0 aromatic heterocycles. The van der Waals surface area contributed by atoms with E-state index in [1.165, 1.54) is 24.3 Å². The summed E-state index contributed by atoms with van der Waals surface area (Å²) in [5, 5.41) is 2.40. The summed E-state index contributed by atoms with van der Waals surface area (Å²) in [5.41, 5.74) is -0.579. The zero-order valence-corrected chi connectivity index (χ0v) is 15.1. The van der Waals surface area contributed by atoms with Crippen LogP contribution in [0, 0.1) is 5.92 Å². The molecule has 0 fully saturated rings. The molecule has 2 aromatic carbocycles. The van der Waals surface area contributed by atoms with Crippen LogP contribution >= 0.6 is 0 Å². The molecule has 0 saturated carbocycles. The van der Waals surface area contributed by atoms with Crippen molar-refractivity contribution in [3.05, 3.63) is 65.2 Å². The van der Waals surface area contributed by atoms with Crippen LogP contribution in [0.3, 0.4) is 0 Å². The van der Waals surface area contributed by atoms with Crippen molar-refractivity contribution in [1.29, 1.82) is 0 Å². The third kappa shape index (κ3) is 3.49. The van der Waals surface area contributed by atoms with Crippen LogP contribution in [-0.2, 0) is 11.0 Å². The lowest BCUT2D eigenvalue weighted by atomic mass is 10.0. The van der Waals surface area contributed by atoms with E-state index in [4.69, 9.17) is 0 Å². The van der Waals surface area contributed by atoms with Gasteiger partial charge >= 0.3 is 6.18 Å². The molecular weight excluding hydrogens is 373 g/mol. The number of imide groups is 1. The molecule has 0 aliphatic carbocycles. The summed E-state index contributed by atoms with van der Waals surface area (Å²) < 4.78 is 38.6. The Hall–Kier alpha value is -3.16. The second-order valence-corrected chi connectivity index (χ2v) is 6.78. The monoisotopic (exact) mass is 390 g/mol. The molecule has 0 spiro atoms. The number of halogens is 3. The van der Waals surface area contributed by atoms with E-state index in [0.717, 1.165) is 17.0 Å². The van der Waals surface area contributed by atoms with E-state index in [2.05, 4.69) is 5.32 Å². The van der Waals surface area contributed by atoms with Gasteiger partial charge in [0.15, 0.2) is 0 Å². The molecule has 0 radical (unpaired) electrons. The van der Waals surface area contributed by atoms with Crippen molar-refractivity contribution < 1.29 is 27.6 Å². The number of hydrogen-bond acceptors (Lipinski definition) is 3. The van der Waals surface area contributed by atoms with Gasteiger partial charge in [0.1, 0.15) is 6.04 Å². The van der Waals surface area contributed by atoms with Crippen molar-refractivity contribution in [3.63, 3.8) is 0 Å². The van der Waals surface area contributed by atoms with Crippen LogP contribution in [0.1, 0.15) is 40.1 Å². The number of hydrogen-bond donors (Lipinski definition) is 1. The Morgan fingerprint density at radius 2 is 1.54 bits per heavy atom. The molecule has 2 aromatic rings. The molecule has 1 unspecified atom stereocenters. The van der Waals surface area contributed by atoms with Gasteiger partial charge in [-0.15, -0.1) is 0 Å². The maximum absolute atomic E-state index is 12.9. The van der Waals surface area contributed by atoms with Gasteiger partial charge in [-0.05, 0) is 36.2 Å². The third-order valence-electron chi connectivity index (χ3n) is 4.46. The van der Waals surface area contributed by atoms with E-state index in [9.17, 15) is 27.6 Å². The van der Waals surface area contributed by atoms with E-state index >= 15 is 0 Å². The topological polar surface area (TPSA) is 66.5 Å². The summed E-state index contributed by atoms with van der Waals surface area (Å²) in [7, 11) is 0. The molecule has 3 amide bonds. The molecule has 0 bridgehead atoms. The Bertz CT molecular complexity index is 919. The average Bonchev–Trinajstić information content (AvgIpc) is 2.87. The first-order valence-electron chi connectivity index (χ1n) is 8.56. The van der Waals surface area contributed by atoms with E-state index in [1.807, 2.05) is 0 Å². The van der Waals surface area contributed by atoms with Crippen LogP contribution in [0.5, 0.6) is 0 Å². The number of alkyl halides is 3. The van der Waals surface area contributed by atoms with Crippen LogP contribution in [-0.4, -0.2) is 28.7 Å². The first kappa shape index (κ1) is 19.6. The van der Waals surface area contributed by atoms with Crippen molar-refractivity contribution in [1.82, 2.24) is 4.90 Å². The summed E-state index contributed by atoms with van der Waals surface area (Å²) in [4.78, 5) is 39.0. The van der Waals surface area contributed by atoms with Gasteiger partial charge in [-0.1, -0.05) is 32.0 Å². The van der Waals surface area contributed by atoms with Gasteiger partial charge in [-0.3, -0.25) is 19.3 Å². The van der Waals surface area contributed by atoms with Crippen LogP contribution in [0.2, 0.25) is 0 Å². The highest BCUT2D eigenvalue weighted by Crippen LogP contribution is 2.31. The third-order valence-corrected chi connectivity index (χ3v) is 4.46. The van der Waals surface area contributed by atoms with Crippen molar-refractivity contribution in [2.45, 2.75) is 26.1 Å². The van der Waals surface area contributed by atoms with Crippen molar-refractivity contribution in [2.75, 3.05) is 5.32 Å². The number of rotatable bonds is 4. The number of benzene rings is 2. The van der Waals surface area contributed by atoms with Crippen LogP contribution in [0.15, 0.2) is 48.5 Å². The minimum Gasteiger partial charge on any atom is -0.324 e. The molecule has 1 atom stereocenters. The van der Waals surface area contributed by atoms with Gasteiger partial charge in [0, 0.05) is 5.69 Å². The van der Waals surface area contributed by atoms with Crippen LogP contribution < -0.4 is 5.32 Å². The number of nitrogens with zero attached hydrogens (tertiary/aromatic N) is 1. The molecule has 1 heterocycles. The highest BCUT2D eigenvalue weighted by atomic mass is 19.4. The summed E-state index contributed by atoms with van der Waals surface area (Å²) >= 11 is 0. The molecule has 5 nitrogen and oxygen atoms in total. The maximum atomic E-state index is 12.9. The van der Waals surface area contributed by atoms with Crippen molar-refractivity contribution >= 4 is 23.4 Å². The summed E-state index contributed by atoms with van der Waals surface area (Å²) in [5.74, 6) is -2.38. The summed E-state index contributed by atoms with van der Waals surface area (Å²) in [6.45, 7) is 3.31. The first-order chi connectivity index (χ1) is 13.1. The molecular formula is C20H17F3N2O3. The smallest absolute Gasteiger partial charge is 0.324 e.